The highest BCUT2D eigenvalue weighted by molar-refractivity contribution is 7.18. The van der Waals surface area contributed by atoms with E-state index in [1.54, 1.807) is 18.3 Å². The first kappa shape index (κ1) is 17.7. The molecule has 2 aromatic heterocycles. The number of aromatic nitrogens is 2. The largest absolute Gasteiger partial charge is 0.461 e. The first-order valence-electron chi connectivity index (χ1n) is 9.76. The molecule has 0 spiro atoms. The molecule has 5 nitrogen and oxygen atoms in total. The molecule has 2 aliphatic carbocycles. The Morgan fingerprint density at radius 2 is 2.08 bits per heavy atom. The second-order valence-electron chi connectivity index (χ2n) is 7.86. The predicted molar refractivity (Wildman–Crippen MR) is 103 cm³/mol. The predicted octanol–water partition coefficient (Wildman–Crippen LogP) is 4.02. The van der Waals surface area contributed by atoms with Crippen LogP contribution >= 0.6 is 11.3 Å². The molecule has 1 saturated carbocycles. The fourth-order valence-electron chi connectivity index (χ4n) is 4.18. The second-order valence-corrected chi connectivity index (χ2v) is 8.95. The van der Waals surface area contributed by atoms with Crippen LogP contribution in [0.15, 0.2) is 11.1 Å². The smallest absolute Gasteiger partial charge is 0.329 e. The van der Waals surface area contributed by atoms with E-state index >= 15 is 0 Å². The van der Waals surface area contributed by atoms with Crippen molar-refractivity contribution >= 4 is 27.5 Å². The minimum atomic E-state index is -0.639. The summed E-state index contributed by atoms with van der Waals surface area (Å²) in [6.07, 6.45) is 9.87. The van der Waals surface area contributed by atoms with Gasteiger partial charge in [0.25, 0.3) is 5.56 Å². The van der Waals surface area contributed by atoms with Crippen molar-refractivity contribution in [3.63, 3.8) is 0 Å². The Morgan fingerprint density at radius 1 is 1.31 bits per heavy atom. The molecule has 0 unspecified atom stereocenters. The molecule has 0 radical (unpaired) electrons. The third kappa shape index (κ3) is 3.20. The lowest BCUT2D eigenvalue weighted by Gasteiger charge is -2.24. The molecule has 0 N–H and O–H groups in total. The molecule has 140 valence electrons. The summed E-state index contributed by atoms with van der Waals surface area (Å²) in [5, 5.41) is 0.719. The average molecular weight is 375 g/mol. The van der Waals surface area contributed by atoms with Crippen molar-refractivity contribution < 1.29 is 9.53 Å². The van der Waals surface area contributed by atoms with Crippen LogP contribution < -0.4 is 5.56 Å². The van der Waals surface area contributed by atoms with E-state index in [0.29, 0.717) is 5.92 Å². The number of nitrogens with zero attached hydrogens (tertiary/aromatic N) is 2. The van der Waals surface area contributed by atoms with Gasteiger partial charge in [-0.15, -0.1) is 11.3 Å². The quantitative estimate of drug-likeness (QED) is 0.761. The Hall–Kier alpha value is -1.69. The molecule has 0 bridgehead atoms. The van der Waals surface area contributed by atoms with E-state index in [1.165, 1.54) is 22.2 Å². The van der Waals surface area contributed by atoms with Gasteiger partial charge in [-0.1, -0.05) is 13.3 Å². The van der Waals surface area contributed by atoms with Gasteiger partial charge in [0.15, 0.2) is 0 Å². The third-order valence-electron chi connectivity index (χ3n) is 5.83. The second kappa shape index (κ2) is 7.14. The highest BCUT2D eigenvalue weighted by Crippen LogP contribution is 2.35. The first-order valence-corrected chi connectivity index (χ1v) is 10.6. The molecule has 0 amide bonds. The van der Waals surface area contributed by atoms with Crippen molar-refractivity contribution in [2.45, 2.75) is 77.4 Å². The lowest BCUT2D eigenvalue weighted by atomic mass is 9.89. The summed E-state index contributed by atoms with van der Waals surface area (Å²) in [4.78, 5) is 32.3. The highest BCUT2D eigenvalue weighted by atomic mass is 32.1. The van der Waals surface area contributed by atoms with Crippen LogP contribution in [0.25, 0.3) is 10.2 Å². The summed E-state index contributed by atoms with van der Waals surface area (Å²) in [5.41, 5.74) is 1.05. The van der Waals surface area contributed by atoms with Crippen LogP contribution in [-0.4, -0.2) is 21.6 Å². The fourth-order valence-corrected chi connectivity index (χ4v) is 5.52. The molecule has 0 aliphatic heterocycles. The summed E-state index contributed by atoms with van der Waals surface area (Å²) in [6, 6.07) is -0.639. The SMILES string of the molecule is C[C@H]1CCc2c(sc3ncn([C@@H](C)C(=O)OC4CCCCC4)c(=O)c23)C1. The van der Waals surface area contributed by atoms with Gasteiger partial charge >= 0.3 is 5.97 Å². The third-order valence-corrected chi connectivity index (χ3v) is 7.00. The van der Waals surface area contributed by atoms with Gasteiger partial charge in [-0.2, -0.15) is 0 Å². The maximum atomic E-state index is 13.1. The van der Waals surface area contributed by atoms with E-state index < -0.39 is 6.04 Å². The molecule has 2 heterocycles. The standard InChI is InChI=1S/C20H26N2O3S/c1-12-8-9-15-16(10-12)26-18-17(15)19(23)22(11-21-18)13(2)20(24)25-14-6-4-3-5-7-14/h11-14H,3-10H2,1-2H3/t12-,13-/m0/s1. The van der Waals surface area contributed by atoms with Gasteiger partial charge in [-0.3, -0.25) is 9.36 Å². The molecule has 2 aliphatic rings. The number of ether oxygens (including phenoxy) is 1. The number of rotatable bonds is 3. The lowest BCUT2D eigenvalue weighted by molar-refractivity contribution is -0.154. The number of aryl methyl sites for hydroxylation is 1. The summed E-state index contributed by atoms with van der Waals surface area (Å²) >= 11 is 1.63. The zero-order valence-electron chi connectivity index (χ0n) is 15.5. The average Bonchev–Trinajstić information content (AvgIpc) is 3.00. The molecular weight excluding hydrogens is 348 g/mol. The van der Waals surface area contributed by atoms with Gasteiger partial charge in [0.05, 0.1) is 11.7 Å². The molecule has 2 aromatic rings. The minimum Gasteiger partial charge on any atom is -0.461 e. The number of carbonyl (C=O) groups excluding carboxylic acids is 1. The van der Waals surface area contributed by atoms with E-state index in [-0.39, 0.29) is 17.6 Å². The van der Waals surface area contributed by atoms with Crippen LogP contribution in [0.4, 0.5) is 0 Å². The summed E-state index contributed by atoms with van der Waals surface area (Å²) in [6.45, 7) is 3.99. The zero-order valence-corrected chi connectivity index (χ0v) is 16.3. The Morgan fingerprint density at radius 3 is 2.85 bits per heavy atom. The van der Waals surface area contributed by atoms with Gasteiger partial charge in [0, 0.05) is 4.88 Å². The van der Waals surface area contributed by atoms with E-state index in [4.69, 9.17) is 4.74 Å². The number of esters is 1. The van der Waals surface area contributed by atoms with Crippen LogP contribution in [0.1, 0.15) is 68.9 Å². The number of thiophene rings is 1. The van der Waals surface area contributed by atoms with Gasteiger partial charge in [-0.25, -0.2) is 9.78 Å². The fraction of sp³-hybridized carbons (Fsp3) is 0.650. The van der Waals surface area contributed by atoms with Crippen LogP contribution in [0.2, 0.25) is 0 Å². The number of fused-ring (bicyclic) bond motifs is 3. The van der Waals surface area contributed by atoms with Gasteiger partial charge in [0.1, 0.15) is 17.0 Å². The maximum Gasteiger partial charge on any atom is 0.329 e. The van der Waals surface area contributed by atoms with Crippen molar-refractivity contribution in [3.05, 3.63) is 27.1 Å². The molecule has 0 aromatic carbocycles. The van der Waals surface area contributed by atoms with Gasteiger partial charge in [-0.05, 0) is 63.4 Å². The molecule has 26 heavy (non-hydrogen) atoms. The first-order chi connectivity index (χ1) is 12.5. The van der Waals surface area contributed by atoms with Crippen LogP contribution in [0, 0.1) is 5.92 Å². The Kier molecular flexibility index (Phi) is 4.86. The molecule has 4 rings (SSSR count). The van der Waals surface area contributed by atoms with E-state index in [0.717, 1.165) is 60.7 Å². The Balaban J connectivity index is 1.63. The van der Waals surface area contributed by atoms with Crippen molar-refractivity contribution in [2.75, 3.05) is 0 Å². The monoisotopic (exact) mass is 374 g/mol. The van der Waals surface area contributed by atoms with Crippen LogP contribution in [0.3, 0.4) is 0 Å². The lowest BCUT2D eigenvalue weighted by Crippen LogP contribution is -2.32. The van der Waals surface area contributed by atoms with Gasteiger partial charge in [0.2, 0.25) is 0 Å². The summed E-state index contributed by atoms with van der Waals surface area (Å²) in [5.74, 6) is 0.333. The van der Waals surface area contributed by atoms with Crippen LogP contribution in [0.5, 0.6) is 0 Å². The minimum absolute atomic E-state index is 0.00138. The van der Waals surface area contributed by atoms with Crippen LogP contribution in [-0.2, 0) is 22.4 Å². The topological polar surface area (TPSA) is 61.2 Å². The Labute approximate surface area is 157 Å². The van der Waals surface area contributed by atoms with E-state index in [9.17, 15) is 9.59 Å². The van der Waals surface area contributed by atoms with E-state index in [2.05, 4.69) is 11.9 Å². The number of carbonyl (C=O) groups is 1. The molecule has 1 fully saturated rings. The summed E-state index contributed by atoms with van der Waals surface area (Å²) in [7, 11) is 0. The van der Waals surface area contributed by atoms with Crippen molar-refractivity contribution in [3.8, 4) is 0 Å². The van der Waals surface area contributed by atoms with Gasteiger partial charge < -0.3 is 4.74 Å². The molecule has 2 atom stereocenters. The molecule has 6 heteroatoms. The normalized spacial score (nSPS) is 22.2. The van der Waals surface area contributed by atoms with E-state index in [1.807, 2.05) is 0 Å². The highest BCUT2D eigenvalue weighted by Gasteiger charge is 2.27. The zero-order chi connectivity index (χ0) is 18.3. The molecular formula is C20H26N2O3S. The molecule has 0 saturated heterocycles. The van der Waals surface area contributed by atoms with Crippen molar-refractivity contribution in [1.29, 1.82) is 0 Å². The van der Waals surface area contributed by atoms with Crippen molar-refractivity contribution in [2.24, 2.45) is 5.92 Å². The number of hydrogen-bond donors (Lipinski definition) is 0. The Bertz CT molecular complexity index is 879. The van der Waals surface area contributed by atoms with Crippen molar-refractivity contribution in [1.82, 2.24) is 9.55 Å². The maximum absolute atomic E-state index is 13.1. The summed E-state index contributed by atoms with van der Waals surface area (Å²) < 4.78 is 7.12. The number of hydrogen-bond acceptors (Lipinski definition) is 5.